The zero-order valence-corrected chi connectivity index (χ0v) is 12.0. The second-order valence-electron chi connectivity index (χ2n) is 4.96. The summed E-state index contributed by atoms with van der Waals surface area (Å²) >= 11 is 0. The zero-order valence-electron chi connectivity index (χ0n) is 11.2. The summed E-state index contributed by atoms with van der Waals surface area (Å²) < 4.78 is 40.2. The van der Waals surface area contributed by atoms with Crippen LogP contribution in [0.2, 0.25) is 0 Å². The summed E-state index contributed by atoms with van der Waals surface area (Å²) in [5, 5.41) is 3.05. The van der Waals surface area contributed by atoms with E-state index < -0.39 is 15.8 Å². The Labute approximate surface area is 113 Å². The van der Waals surface area contributed by atoms with Gasteiger partial charge in [-0.25, -0.2) is 12.8 Å². The van der Waals surface area contributed by atoms with Gasteiger partial charge in [-0.05, 0) is 44.5 Å². The quantitative estimate of drug-likeness (QED) is 0.909. The molecule has 1 aromatic carbocycles. The molecule has 2 rings (SSSR count). The molecule has 1 aliphatic rings. The van der Waals surface area contributed by atoms with Crippen molar-refractivity contribution in [2.45, 2.75) is 18.2 Å². The number of halogens is 1. The molecule has 19 heavy (non-hydrogen) atoms. The van der Waals surface area contributed by atoms with Crippen LogP contribution >= 0.6 is 0 Å². The third kappa shape index (κ3) is 2.80. The van der Waals surface area contributed by atoms with Gasteiger partial charge in [0, 0.05) is 13.1 Å². The van der Waals surface area contributed by atoms with Gasteiger partial charge in [-0.15, -0.1) is 0 Å². The SMILES string of the molecule is CNCC1CCN(S(=O)(=O)c2cccc(C)c2F)C1. The van der Waals surface area contributed by atoms with Crippen molar-refractivity contribution in [3.05, 3.63) is 29.6 Å². The van der Waals surface area contributed by atoms with E-state index in [1.54, 1.807) is 19.1 Å². The Morgan fingerprint density at radius 2 is 2.21 bits per heavy atom. The predicted molar refractivity (Wildman–Crippen MR) is 71.9 cm³/mol. The molecule has 1 aliphatic heterocycles. The van der Waals surface area contributed by atoms with Gasteiger partial charge in [-0.2, -0.15) is 4.31 Å². The van der Waals surface area contributed by atoms with Crippen LogP contribution in [0.3, 0.4) is 0 Å². The van der Waals surface area contributed by atoms with Crippen molar-refractivity contribution >= 4 is 10.0 Å². The molecule has 1 N–H and O–H groups in total. The number of hydrogen-bond acceptors (Lipinski definition) is 3. The van der Waals surface area contributed by atoms with E-state index in [9.17, 15) is 12.8 Å². The maximum absolute atomic E-state index is 14.0. The Morgan fingerprint density at radius 1 is 1.47 bits per heavy atom. The minimum atomic E-state index is -3.71. The third-order valence-corrected chi connectivity index (χ3v) is 5.40. The molecule has 4 nitrogen and oxygen atoms in total. The average molecular weight is 286 g/mol. The summed E-state index contributed by atoms with van der Waals surface area (Å²) in [7, 11) is -1.87. The molecule has 0 radical (unpaired) electrons. The van der Waals surface area contributed by atoms with Gasteiger partial charge in [0.15, 0.2) is 0 Å². The van der Waals surface area contributed by atoms with E-state index in [0.29, 0.717) is 24.6 Å². The van der Waals surface area contributed by atoms with Crippen LogP contribution in [-0.2, 0) is 10.0 Å². The fourth-order valence-corrected chi connectivity index (χ4v) is 4.10. The second kappa shape index (κ2) is 5.56. The first kappa shape index (κ1) is 14.4. The van der Waals surface area contributed by atoms with Gasteiger partial charge in [0.1, 0.15) is 10.7 Å². The van der Waals surface area contributed by atoms with E-state index in [4.69, 9.17) is 0 Å². The molecule has 1 atom stereocenters. The van der Waals surface area contributed by atoms with Gasteiger partial charge in [0.25, 0.3) is 0 Å². The van der Waals surface area contributed by atoms with E-state index >= 15 is 0 Å². The molecule has 0 saturated carbocycles. The lowest BCUT2D eigenvalue weighted by atomic mass is 10.1. The maximum atomic E-state index is 14.0. The number of sulfonamides is 1. The molecule has 1 fully saturated rings. The molecule has 1 aromatic rings. The fraction of sp³-hybridized carbons (Fsp3) is 0.538. The fourth-order valence-electron chi connectivity index (χ4n) is 2.43. The van der Waals surface area contributed by atoms with Crippen LogP contribution in [0.1, 0.15) is 12.0 Å². The minimum absolute atomic E-state index is 0.211. The molecular weight excluding hydrogens is 267 g/mol. The Kier molecular flexibility index (Phi) is 4.23. The highest BCUT2D eigenvalue weighted by atomic mass is 32.2. The molecule has 1 unspecified atom stereocenters. The minimum Gasteiger partial charge on any atom is -0.319 e. The summed E-state index contributed by atoms with van der Waals surface area (Å²) in [4.78, 5) is -0.211. The molecule has 6 heteroatoms. The summed E-state index contributed by atoms with van der Waals surface area (Å²) in [5.41, 5.74) is 0.354. The van der Waals surface area contributed by atoms with Gasteiger partial charge in [0.05, 0.1) is 0 Å². The number of nitrogens with zero attached hydrogens (tertiary/aromatic N) is 1. The first-order valence-corrected chi connectivity index (χ1v) is 7.80. The van der Waals surface area contributed by atoms with Gasteiger partial charge in [-0.1, -0.05) is 12.1 Å². The van der Waals surface area contributed by atoms with Crippen LogP contribution in [0.5, 0.6) is 0 Å². The van der Waals surface area contributed by atoms with Crippen LogP contribution in [0.4, 0.5) is 4.39 Å². The Bertz CT molecular complexity index is 560. The van der Waals surface area contributed by atoms with E-state index in [1.165, 1.54) is 10.4 Å². The summed E-state index contributed by atoms with van der Waals surface area (Å²) in [5.74, 6) is -0.341. The van der Waals surface area contributed by atoms with Crippen molar-refractivity contribution in [2.24, 2.45) is 5.92 Å². The topological polar surface area (TPSA) is 49.4 Å². The smallest absolute Gasteiger partial charge is 0.246 e. The Balaban J connectivity index is 2.26. The highest BCUT2D eigenvalue weighted by molar-refractivity contribution is 7.89. The maximum Gasteiger partial charge on any atom is 0.246 e. The summed E-state index contributed by atoms with van der Waals surface area (Å²) in [6, 6.07) is 4.48. The lowest BCUT2D eigenvalue weighted by molar-refractivity contribution is 0.446. The third-order valence-electron chi connectivity index (χ3n) is 3.52. The standard InChI is InChI=1S/C13H19FN2O2S/c1-10-4-3-5-12(13(10)14)19(17,18)16-7-6-11(9-16)8-15-2/h3-5,11,15H,6-9H2,1-2H3. The Morgan fingerprint density at radius 3 is 2.89 bits per heavy atom. The molecule has 106 valence electrons. The van der Waals surface area contributed by atoms with Gasteiger partial charge in [-0.3, -0.25) is 0 Å². The monoisotopic (exact) mass is 286 g/mol. The van der Waals surface area contributed by atoms with E-state index in [1.807, 2.05) is 7.05 Å². The second-order valence-corrected chi connectivity index (χ2v) is 6.87. The lowest BCUT2D eigenvalue weighted by Crippen LogP contribution is -2.31. The molecule has 0 spiro atoms. The number of rotatable bonds is 4. The number of benzene rings is 1. The van der Waals surface area contributed by atoms with Crippen molar-refractivity contribution in [3.63, 3.8) is 0 Å². The lowest BCUT2D eigenvalue weighted by Gasteiger charge is -2.17. The Hall–Kier alpha value is -0.980. The van der Waals surface area contributed by atoms with Crippen LogP contribution in [-0.4, -0.2) is 39.4 Å². The molecule has 0 aromatic heterocycles. The predicted octanol–water partition coefficient (Wildman–Crippen LogP) is 1.36. The number of nitrogens with one attached hydrogen (secondary N) is 1. The van der Waals surface area contributed by atoms with Gasteiger partial charge >= 0.3 is 0 Å². The van der Waals surface area contributed by atoms with Crippen LogP contribution < -0.4 is 5.32 Å². The summed E-state index contributed by atoms with van der Waals surface area (Å²) in [6.45, 7) is 3.27. The molecule has 0 aliphatic carbocycles. The van der Waals surface area contributed by atoms with E-state index in [-0.39, 0.29) is 4.90 Å². The number of aryl methyl sites for hydroxylation is 1. The summed E-state index contributed by atoms with van der Waals surface area (Å²) in [6.07, 6.45) is 0.813. The van der Waals surface area contributed by atoms with Crippen molar-refractivity contribution in [1.82, 2.24) is 9.62 Å². The molecule has 0 amide bonds. The highest BCUT2D eigenvalue weighted by Crippen LogP contribution is 2.26. The van der Waals surface area contributed by atoms with Gasteiger partial charge in [0.2, 0.25) is 10.0 Å². The molecule has 1 heterocycles. The molecule has 0 bridgehead atoms. The first-order chi connectivity index (χ1) is 8.96. The highest BCUT2D eigenvalue weighted by Gasteiger charge is 2.33. The largest absolute Gasteiger partial charge is 0.319 e. The zero-order chi connectivity index (χ0) is 14.0. The van der Waals surface area contributed by atoms with Crippen molar-refractivity contribution < 1.29 is 12.8 Å². The van der Waals surface area contributed by atoms with Gasteiger partial charge < -0.3 is 5.32 Å². The average Bonchev–Trinajstić information content (AvgIpc) is 2.82. The van der Waals surface area contributed by atoms with Crippen molar-refractivity contribution in [3.8, 4) is 0 Å². The van der Waals surface area contributed by atoms with E-state index in [2.05, 4.69) is 5.32 Å². The van der Waals surface area contributed by atoms with Crippen LogP contribution in [0.25, 0.3) is 0 Å². The van der Waals surface area contributed by atoms with Crippen molar-refractivity contribution in [2.75, 3.05) is 26.7 Å². The van der Waals surface area contributed by atoms with Crippen molar-refractivity contribution in [1.29, 1.82) is 0 Å². The molecular formula is C13H19FN2O2S. The number of hydrogen-bond donors (Lipinski definition) is 1. The van der Waals surface area contributed by atoms with Crippen LogP contribution in [0, 0.1) is 18.7 Å². The van der Waals surface area contributed by atoms with Crippen LogP contribution in [0.15, 0.2) is 23.1 Å². The van der Waals surface area contributed by atoms with E-state index in [0.717, 1.165) is 13.0 Å². The molecule has 1 saturated heterocycles. The first-order valence-electron chi connectivity index (χ1n) is 6.36. The normalized spacial score (nSPS) is 20.9.